The highest BCUT2D eigenvalue weighted by Crippen LogP contribution is 2.27. The summed E-state index contributed by atoms with van der Waals surface area (Å²) in [6.45, 7) is 0.579. The summed E-state index contributed by atoms with van der Waals surface area (Å²) in [5.74, 6) is 0.923. The van der Waals surface area contributed by atoms with Crippen molar-refractivity contribution in [2.75, 3.05) is 6.54 Å². The summed E-state index contributed by atoms with van der Waals surface area (Å²) in [4.78, 5) is 4.52. The Labute approximate surface area is 99.9 Å². The molecule has 2 aromatic rings. The summed E-state index contributed by atoms with van der Waals surface area (Å²) in [5.41, 5.74) is 7.39. The average Bonchev–Trinajstić information content (AvgIpc) is 2.59. The SMILES string of the molecule is Cn1c(CCN)nc(-c2ccccc2)c1Cl. The third-order valence-corrected chi connectivity index (χ3v) is 2.97. The van der Waals surface area contributed by atoms with Crippen LogP contribution in [0.15, 0.2) is 30.3 Å². The predicted octanol–water partition coefficient (Wildman–Crippen LogP) is 2.24. The van der Waals surface area contributed by atoms with Gasteiger partial charge in [0.2, 0.25) is 0 Å². The second-order valence-electron chi connectivity index (χ2n) is 3.63. The molecule has 0 fully saturated rings. The van der Waals surface area contributed by atoms with Crippen molar-refractivity contribution in [2.24, 2.45) is 12.8 Å². The van der Waals surface area contributed by atoms with Crippen LogP contribution < -0.4 is 5.73 Å². The van der Waals surface area contributed by atoms with Gasteiger partial charge in [0.15, 0.2) is 0 Å². The van der Waals surface area contributed by atoms with Crippen molar-refractivity contribution in [3.63, 3.8) is 0 Å². The zero-order valence-corrected chi connectivity index (χ0v) is 9.91. The second kappa shape index (κ2) is 4.68. The summed E-state index contributed by atoms with van der Waals surface area (Å²) < 4.78 is 1.89. The number of aromatic nitrogens is 2. The molecule has 0 spiro atoms. The minimum absolute atomic E-state index is 0.579. The molecule has 0 aliphatic rings. The van der Waals surface area contributed by atoms with Gasteiger partial charge >= 0.3 is 0 Å². The summed E-state index contributed by atoms with van der Waals surface area (Å²) in [5, 5.41) is 0.662. The number of benzene rings is 1. The molecule has 2 N–H and O–H groups in total. The fraction of sp³-hybridized carbons (Fsp3) is 0.250. The molecule has 0 aliphatic heterocycles. The van der Waals surface area contributed by atoms with Crippen molar-refractivity contribution in [1.82, 2.24) is 9.55 Å². The molecular formula is C12H14ClN3. The highest BCUT2D eigenvalue weighted by atomic mass is 35.5. The average molecular weight is 236 g/mol. The number of hydrogen-bond acceptors (Lipinski definition) is 2. The maximum Gasteiger partial charge on any atom is 0.136 e. The first-order valence-electron chi connectivity index (χ1n) is 5.20. The molecule has 0 radical (unpaired) electrons. The van der Waals surface area contributed by atoms with Gasteiger partial charge < -0.3 is 10.3 Å². The first-order valence-corrected chi connectivity index (χ1v) is 5.58. The van der Waals surface area contributed by atoms with Crippen LogP contribution in [0.1, 0.15) is 5.82 Å². The smallest absolute Gasteiger partial charge is 0.136 e. The maximum absolute atomic E-state index is 6.24. The van der Waals surface area contributed by atoms with Gasteiger partial charge in [-0.1, -0.05) is 41.9 Å². The van der Waals surface area contributed by atoms with E-state index >= 15 is 0 Å². The van der Waals surface area contributed by atoms with Gasteiger partial charge in [0.05, 0.1) is 0 Å². The van der Waals surface area contributed by atoms with E-state index in [-0.39, 0.29) is 0 Å². The van der Waals surface area contributed by atoms with Crippen molar-refractivity contribution in [1.29, 1.82) is 0 Å². The minimum Gasteiger partial charge on any atom is -0.330 e. The fourth-order valence-corrected chi connectivity index (χ4v) is 1.90. The molecule has 1 heterocycles. The molecule has 0 aliphatic carbocycles. The van der Waals surface area contributed by atoms with Crippen LogP contribution in [0.5, 0.6) is 0 Å². The molecule has 16 heavy (non-hydrogen) atoms. The van der Waals surface area contributed by atoms with Gasteiger partial charge in [-0.3, -0.25) is 0 Å². The summed E-state index contributed by atoms with van der Waals surface area (Å²) >= 11 is 6.24. The maximum atomic E-state index is 6.24. The molecule has 84 valence electrons. The van der Waals surface area contributed by atoms with E-state index in [0.29, 0.717) is 11.7 Å². The lowest BCUT2D eigenvalue weighted by molar-refractivity contribution is 0.778. The molecule has 4 heteroatoms. The van der Waals surface area contributed by atoms with E-state index in [1.807, 2.05) is 41.9 Å². The highest BCUT2D eigenvalue weighted by molar-refractivity contribution is 6.32. The molecule has 1 aromatic carbocycles. The molecule has 1 aromatic heterocycles. The van der Waals surface area contributed by atoms with E-state index in [0.717, 1.165) is 23.5 Å². The second-order valence-corrected chi connectivity index (χ2v) is 3.99. The molecule has 0 atom stereocenters. The number of nitrogens with two attached hydrogens (primary N) is 1. The predicted molar refractivity (Wildman–Crippen MR) is 66.4 cm³/mol. The summed E-state index contributed by atoms with van der Waals surface area (Å²) in [6, 6.07) is 9.92. The van der Waals surface area contributed by atoms with Crippen molar-refractivity contribution in [3.8, 4) is 11.3 Å². The van der Waals surface area contributed by atoms with E-state index in [4.69, 9.17) is 17.3 Å². The Balaban J connectivity index is 2.46. The van der Waals surface area contributed by atoms with Crippen LogP contribution >= 0.6 is 11.6 Å². The van der Waals surface area contributed by atoms with Crippen LogP contribution in [0.3, 0.4) is 0 Å². The van der Waals surface area contributed by atoms with E-state index < -0.39 is 0 Å². The van der Waals surface area contributed by atoms with Crippen LogP contribution in [-0.4, -0.2) is 16.1 Å². The number of nitrogens with zero attached hydrogens (tertiary/aromatic N) is 2. The van der Waals surface area contributed by atoms with Gasteiger partial charge in [-0.25, -0.2) is 4.98 Å². The van der Waals surface area contributed by atoms with Gasteiger partial charge in [0.1, 0.15) is 16.7 Å². The van der Waals surface area contributed by atoms with Gasteiger partial charge in [0, 0.05) is 19.0 Å². The third kappa shape index (κ3) is 1.96. The molecule has 2 rings (SSSR count). The Morgan fingerprint density at radius 3 is 2.62 bits per heavy atom. The van der Waals surface area contributed by atoms with Gasteiger partial charge in [-0.05, 0) is 6.54 Å². The minimum atomic E-state index is 0.579. The quantitative estimate of drug-likeness (QED) is 0.887. The largest absolute Gasteiger partial charge is 0.330 e. The third-order valence-electron chi connectivity index (χ3n) is 2.53. The molecule has 3 nitrogen and oxygen atoms in total. The lowest BCUT2D eigenvalue weighted by Crippen LogP contribution is -2.07. The molecule has 0 saturated carbocycles. The Kier molecular flexibility index (Phi) is 3.27. The van der Waals surface area contributed by atoms with Crippen LogP contribution in [-0.2, 0) is 13.5 Å². The standard InChI is InChI=1S/C12H14ClN3/c1-16-10(7-8-14)15-11(12(16)13)9-5-3-2-4-6-9/h2-6H,7-8,14H2,1H3. The number of imidazole rings is 1. The van der Waals surface area contributed by atoms with E-state index in [1.165, 1.54) is 0 Å². The topological polar surface area (TPSA) is 43.8 Å². The van der Waals surface area contributed by atoms with Crippen molar-refractivity contribution in [3.05, 3.63) is 41.3 Å². The summed E-state index contributed by atoms with van der Waals surface area (Å²) in [6.07, 6.45) is 0.739. The number of rotatable bonds is 3. The van der Waals surface area contributed by atoms with Crippen LogP contribution in [0.25, 0.3) is 11.3 Å². The first kappa shape index (κ1) is 11.2. The Morgan fingerprint density at radius 1 is 1.31 bits per heavy atom. The Bertz CT molecular complexity index is 477. The zero-order valence-electron chi connectivity index (χ0n) is 9.15. The van der Waals surface area contributed by atoms with Crippen molar-refractivity contribution < 1.29 is 0 Å². The Hall–Kier alpha value is -1.32. The van der Waals surface area contributed by atoms with Crippen molar-refractivity contribution in [2.45, 2.75) is 6.42 Å². The normalized spacial score (nSPS) is 10.7. The number of halogens is 1. The zero-order chi connectivity index (χ0) is 11.5. The highest BCUT2D eigenvalue weighted by Gasteiger charge is 2.13. The van der Waals surface area contributed by atoms with Crippen LogP contribution in [0.2, 0.25) is 5.15 Å². The lowest BCUT2D eigenvalue weighted by atomic mass is 10.2. The van der Waals surface area contributed by atoms with Crippen molar-refractivity contribution >= 4 is 11.6 Å². The molecule has 0 bridgehead atoms. The van der Waals surface area contributed by atoms with Crippen LogP contribution in [0, 0.1) is 0 Å². The first-order chi connectivity index (χ1) is 7.74. The molecule has 0 amide bonds. The Morgan fingerprint density at radius 2 is 2.00 bits per heavy atom. The van der Waals surface area contributed by atoms with E-state index in [9.17, 15) is 0 Å². The summed E-state index contributed by atoms with van der Waals surface area (Å²) in [7, 11) is 1.91. The van der Waals surface area contributed by atoms with Crippen LogP contribution in [0.4, 0.5) is 0 Å². The van der Waals surface area contributed by atoms with E-state index in [2.05, 4.69) is 4.98 Å². The number of hydrogen-bond donors (Lipinski definition) is 1. The fourth-order valence-electron chi connectivity index (χ4n) is 1.65. The van der Waals surface area contributed by atoms with E-state index in [1.54, 1.807) is 0 Å². The van der Waals surface area contributed by atoms with Gasteiger partial charge in [-0.15, -0.1) is 0 Å². The molecule has 0 saturated heterocycles. The van der Waals surface area contributed by atoms with Gasteiger partial charge in [-0.2, -0.15) is 0 Å². The molecule has 0 unspecified atom stereocenters. The molecular weight excluding hydrogens is 222 g/mol. The van der Waals surface area contributed by atoms with Gasteiger partial charge in [0.25, 0.3) is 0 Å². The monoisotopic (exact) mass is 235 g/mol. The lowest BCUT2D eigenvalue weighted by Gasteiger charge is -1.99.